The van der Waals surface area contributed by atoms with E-state index in [1.165, 1.54) is 12.1 Å². The number of ether oxygens (including phenoxy) is 1. The molecular formula is C23H18N2O4. The molecule has 6 nitrogen and oxygen atoms in total. The number of aromatic nitrogens is 1. The number of fused-ring (bicyclic) bond motifs is 1. The van der Waals surface area contributed by atoms with Crippen LogP contribution in [-0.2, 0) is 6.61 Å². The quantitative estimate of drug-likeness (QED) is 0.259. The monoisotopic (exact) mass is 386 g/mol. The number of nitro benzene ring substituents is 1. The molecule has 0 fully saturated rings. The highest BCUT2D eigenvalue weighted by Gasteiger charge is 2.19. The maximum Gasteiger partial charge on any atom is 0.270 e. The Morgan fingerprint density at radius 1 is 1.03 bits per heavy atom. The Morgan fingerprint density at radius 2 is 1.83 bits per heavy atom. The minimum absolute atomic E-state index is 0.0594. The van der Waals surface area contributed by atoms with Crippen molar-refractivity contribution in [1.82, 2.24) is 4.40 Å². The van der Waals surface area contributed by atoms with Gasteiger partial charge in [-0.15, -0.1) is 0 Å². The van der Waals surface area contributed by atoms with Crippen molar-refractivity contribution in [2.75, 3.05) is 0 Å². The van der Waals surface area contributed by atoms with Crippen molar-refractivity contribution in [3.05, 3.63) is 99.9 Å². The largest absolute Gasteiger partial charge is 0.488 e. The first-order valence-corrected chi connectivity index (χ1v) is 9.10. The number of carbonyl (C=O) groups is 1. The SMILES string of the molecule is Cc1cccn2c(C=O)c(-c3cc([N+](=O)[O-])ccc3OCc3ccccc3)cc12. The lowest BCUT2D eigenvalue weighted by Crippen LogP contribution is -1.99. The van der Waals surface area contributed by atoms with E-state index in [1.54, 1.807) is 16.7 Å². The standard InChI is InChI=1S/C23H18N2O4/c1-16-6-5-11-24-21(16)13-19(22(24)14-26)20-12-18(25(27)28)9-10-23(20)29-15-17-7-3-2-4-8-17/h2-14H,15H2,1H3. The third-order valence-electron chi connectivity index (χ3n) is 4.87. The first kappa shape index (κ1) is 18.4. The third kappa shape index (κ3) is 3.48. The average molecular weight is 386 g/mol. The van der Waals surface area contributed by atoms with Gasteiger partial charge in [0.25, 0.3) is 5.69 Å². The average Bonchev–Trinajstić information content (AvgIpc) is 3.12. The van der Waals surface area contributed by atoms with Gasteiger partial charge in [-0.25, -0.2) is 0 Å². The fourth-order valence-corrected chi connectivity index (χ4v) is 3.40. The fraction of sp³-hybridized carbons (Fsp3) is 0.0870. The number of nitro groups is 1. The minimum atomic E-state index is -0.452. The van der Waals surface area contributed by atoms with E-state index in [2.05, 4.69) is 0 Å². The lowest BCUT2D eigenvalue weighted by Gasteiger charge is -2.11. The number of pyridine rings is 1. The van der Waals surface area contributed by atoms with Gasteiger partial charge in [-0.3, -0.25) is 14.9 Å². The van der Waals surface area contributed by atoms with Gasteiger partial charge >= 0.3 is 0 Å². The maximum absolute atomic E-state index is 11.9. The van der Waals surface area contributed by atoms with Crippen LogP contribution in [-0.4, -0.2) is 15.6 Å². The second-order valence-corrected chi connectivity index (χ2v) is 6.72. The summed E-state index contributed by atoms with van der Waals surface area (Å²) in [5.74, 6) is 0.483. The summed E-state index contributed by atoms with van der Waals surface area (Å²) in [5, 5.41) is 11.3. The maximum atomic E-state index is 11.9. The number of rotatable bonds is 6. The zero-order chi connectivity index (χ0) is 20.4. The van der Waals surface area contributed by atoms with Crippen molar-refractivity contribution in [3.63, 3.8) is 0 Å². The molecule has 0 atom stereocenters. The first-order valence-electron chi connectivity index (χ1n) is 9.10. The number of aryl methyl sites for hydroxylation is 1. The molecule has 0 saturated heterocycles. The van der Waals surface area contributed by atoms with E-state index in [0.717, 1.165) is 22.9 Å². The van der Waals surface area contributed by atoms with Gasteiger partial charge in [0.2, 0.25) is 0 Å². The number of hydrogen-bond donors (Lipinski definition) is 0. The van der Waals surface area contributed by atoms with Crippen LogP contribution in [0, 0.1) is 17.0 Å². The molecule has 0 aliphatic rings. The van der Waals surface area contributed by atoms with Crippen LogP contribution in [0.3, 0.4) is 0 Å². The summed E-state index contributed by atoms with van der Waals surface area (Å²) in [6.07, 6.45) is 2.57. The van der Waals surface area contributed by atoms with Crippen LogP contribution < -0.4 is 4.74 Å². The van der Waals surface area contributed by atoms with Crippen LogP contribution in [0.25, 0.3) is 16.6 Å². The molecule has 4 aromatic rings. The normalized spacial score (nSPS) is 10.8. The Kier molecular flexibility index (Phi) is 4.83. The molecule has 0 saturated carbocycles. The summed E-state index contributed by atoms with van der Waals surface area (Å²) in [7, 11) is 0. The highest BCUT2D eigenvalue weighted by Crippen LogP contribution is 2.37. The molecule has 2 heterocycles. The number of aldehydes is 1. The lowest BCUT2D eigenvalue weighted by molar-refractivity contribution is -0.384. The van der Waals surface area contributed by atoms with E-state index < -0.39 is 4.92 Å². The summed E-state index contributed by atoms with van der Waals surface area (Å²) < 4.78 is 7.78. The van der Waals surface area contributed by atoms with Gasteiger partial charge in [-0.1, -0.05) is 36.4 Å². The Hall–Kier alpha value is -3.93. The zero-order valence-electron chi connectivity index (χ0n) is 15.7. The number of non-ortho nitro benzene ring substituents is 1. The molecule has 2 aromatic heterocycles. The molecule has 29 heavy (non-hydrogen) atoms. The van der Waals surface area contributed by atoms with E-state index in [4.69, 9.17) is 4.74 Å². The smallest absolute Gasteiger partial charge is 0.270 e. The second-order valence-electron chi connectivity index (χ2n) is 6.72. The Labute approximate surface area is 167 Å². The van der Waals surface area contributed by atoms with Gasteiger partial charge < -0.3 is 9.14 Å². The minimum Gasteiger partial charge on any atom is -0.488 e. The second kappa shape index (κ2) is 7.59. The Bertz CT molecular complexity index is 1210. The van der Waals surface area contributed by atoms with E-state index in [0.29, 0.717) is 29.2 Å². The molecule has 0 N–H and O–H groups in total. The number of benzene rings is 2. The zero-order valence-corrected chi connectivity index (χ0v) is 15.7. The molecule has 6 heteroatoms. The van der Waals surface area contributed by atoms with Crippen molar-refractivity contribution in [1.29, 1.82) is 0 Å². The summed E-state index contributed by atoms with van der Waals surface area (Å²) in [5.41, 5.74) is 4.32. The Morgan fingerprint density at radius 3 is 2.55 bits per heavy atom. The first-order chi connectivity index (χ1) is 14.1. The summed E-state index contributed by atoms with van der Waals surface area (Å²) in [6, 6.07) is 19.8. The van der Waals surface area contributed by atoms with Crippen molar-refractivity contribution >= 4 is 17.5 Å². The molecule has 0 spiro atoms. The lowest BCUT2D eigenvalue weighted by atomic mass is 10.0. The van der Waals surface area contributed by atoms with Gasteiger partial charge in [-0.2, -0.15) is 0 Å². The van der Waals surface area contributed by atoms with Crippen molar-refractivity contribution in [2.24, 2.45) is 0 Å². The molecular weight excluding hydrogens is 368 g/mol. The molecule has 0 aliphatic carbocycles. The van der Waals surface area contributed by atoms with Gasteiger partial charge in [0.15, 0.2) is 6.29 Å². The number of nitrogens with zero attached hydrogens (tertiary/aromatic N) is 2. The van der Waals surface area contributed by atoms with Gasteiger partial charge in [0, 0.05) is 35.0 Å². The van der Waals surface area contributed by atoms with E-state index in [-0.39, 0.29) is 5.69 Å². The van der Waals surface area contributed by atoms with E-state index >= 15 is 0 Å². The van der Waals surface area contributed by atoms with Gasteiger partial charge in [-0.05, 0) is 36.2 Å². The van der Waals surface area contributed by atoms with Crippen LogP contribution in [0.15, 0.2) is 72.9 Å². The Balaban J connectivity index is 1.86. The van der Waals surface area contributed by atoms with Crippen LogP contribution in [0.5, 0.6) is 5.75 Å². The van der Waals surface area contributed by atoms with Crippen molar-refractivity contribution in [2.45, 2.75) is 13.5 Å². The van der Waals surface area contributed by atoms with Crippen molar-refractivity contribution in [3.8, 4) is 16.9 Å². The van der Waals surface area contributed by atoms with Crippen molar-refractivity contribution < 1.29 is 14.5 Å². The summed E-state index contributed by atoms with van der Waals surface area (Å²) >= 11 is 0. The van der Waals surface area contributed by atoms with Gasteiger partial charge in [0.05, 0.1) is 10.6 Å². The van der Waals surface area contributed by atoms with E-state index in [1.807, 2.05) is 55.5 Å². The topological polar surface area (TPSA) is 73.9 Å². The number of carbonyl (C=O) groups excluding carboxylic acids is 1. The third-order valence-corrected chi connectivity index (χ3v) is 4.87. The predicted molar refractivity (Wildman–Crippen MR) is 110 cm³/mol. The molecule has 0 aliphatic heterocycles. The molecule has 0 amide bonds. The molecule has 4 rings (SSSR count). The molecule has 0 unspecified atom stereocenters. The predicted octanol–water partition coefficient (Wildman–Crippen LogP) is 5.21. The van der Waals surface area contributed by atoms with Crippen LogP contribution in [0.2, 0.25) is 0 Å². The summed E-state index contributed by atoms with van der Waals surface area (Å²) in [6.45, 7) is 2.27. The van der Waals surface area contributed by atoms with Gasteiger partial charge in [0.1, 0.15) is 12.4 Å². The van der Waals surface area contributed by atoms with Crippen LogP contribution in [0.1, 0.15) is 21.6 Å². The van der Waals surface area contributed by atoms with E-state index in [9.17, 15) is 14.9 Å². The molecule has 0 radical (unpaired) electrons. The van der Waals surface area contributed by atoms with Crippen LogP contribution in [0.4, 0.5) is 5.69 Å². The fourth-order valence-electron chi connectivity index (χ4n) is 3.40. The number of hydrogen-bond acceptors (Lipinski definition) is 4. The summed E-state index contributed by atoms with van der Waals surface area (Å²) in [4.78, 5) is 22.8. The highest BCUT2D eigenvalue weighted by atomic mass is 16.6. The molecule has 0 bridgehead atoms. The highest BCUT2D eigenvalue weighted by molar-refractivity contribution is 5.92. The molecule has 144 valence electrons. The van der Waals surface area contributed by atoms with Crippen LogP contribution >= 0.6 is 0 Å². The molecule has 2 aromatic carbocycles.